The molecule has 38 heavy (non-hydrogen) atoms. The second-order valence-corrected chi connectivity index (χ2v) is 12.4. The predicted octanol–water partition coefficient (Wildman–Crippen LogP) is 8.37. The van der Waals surface area contributed by atoms with E-state index >= 15 is 0 Å². The highest BCUT2D eigenvalue weighted by atomic mass is 16.6. The van der Waals surface area contributed by atoms with Gasteiger partial charge in [0.1, 0.15) is 5.60 Å². The third-order valence-corrected chi connectivity index (χ3v) is 7.56. The lowest BCUT2D eigenvalue weighted by atomic mass is 9.94. The van der Waals surface area contributed by atoms with Gasteiger partial charge in [0.25, 0.3) is 0 Å². The van der Waals surface area contributed by atoms with Crippen molar-refractivity contribution in [1.82, 2.24) is 9.80 Å². The summed E-state index contributed by atoms with van der Waals surface area (Å²) in [6, 6.07) is 0. The summed E-state index contributed by atoms with van der Waals surface area (Å²) in [6.45, 7) is 14.6. The van der Waals surface area contributed by atoms with Crippen molar-refractivity contribution in [2.24, 2.45) is 5.92 Å². The predicted molar refractivity (Wildman–Crippen MR) is 159 cm³/mol. The molecule has 1 rings (SSSR count). The topological polar surface area (TPSA) is 59.1 Å². The molecule has 0 radical (unpaired) electrons. The SMILES string of the molecule is CCCCCCCCCN(CCCCCCCCC)CC(=O)OCCC1CCN(C(=O)OC(C)(C)C)CC1. The monoisotopic (exact) mass is 538 g/mol. The van der Waals surface area contributed by atoms with E-state index < -0.39 is 5.60 Å². The van der Waals surface area contributed by atoms with E-state index in [-0.39, 0.29) is 12.1 Å². The van der Waals surface area contributed by atoms with Crippen LogP contribution in [0.2, 0.25) is 0 Å². The summed E-state index contributed by atoms with van der Waals surface area (Å²) < 4.78 is 11.2. The van der Waals surface area contributed by atoms with Crippen LogP contribution < -0.4 is 0 Å². The summed E-state index contributed by atoms with van der Waals surface area (Å²) in [5.74, 6) is 0.417. The molecule has 224 valence electrons. The van der Waals surface area contributed by atoms with Gasteiger partial charge >= 0.3 is 12.1 Å². The number of carbonyl (C=O) groups is 2. The van der Waals surface area contributed by atoms with Crippen LogP contribution in [0.3, 0.4) is 0 Å². The zero-order valence-corrected chi connectivity index (χ0v) is 25.9. The molecule has 1 fully saturated rings. The molecule has 0 unspecified atom stereocenters. The average molecular weight is 539 g/mol. The lowest BCUT2D eigenvalue weighted by Crippen LogP contribution is -2.41. The Morgan fingerprint density at radius 2 is 1.24 bits per heavy atom. The van der Waals surface area contributed by atoms with Gasteiger partial charge in [-0.25, -0.2) is 4.79 Å². The summed E-state index contributed by atoms with van der Waals surface area (Å²) in [7, 11) is 0. The number of hydrogen-bond donors (Lipinski definition) is 0. The van der Waals surface area contributed by atoms with E-state index in [9.17, 15) is 9.59 Å². The minimum atomic E-state index is -0.459. The minimum Gasteiger partial charge on any atom is -0.465 e. The second kappa shape index (κ2) is 21.5. The number of likely N-dealkylation sites (tertiary alicyclic amines) is 1. The van der Waals surface area contributed by atoms with Crippen LogP contribution in [0.1, 0.15) is 144 Å². The Kier molecular flexibility index (Phi) is 19.7. The molecule has 0 aromatic rings. The van der Waals surface area contributed by atoms with Crippen LogP contribution in [0, 0.1) is 5.92 Å². The molecule has 1 aliphatic rings. The van der Waals surface area contributed by atoms with Crippen LogP contribution in [0.4, 0.5) is 4.79 Å². The van der Waals surface area contributed by atoms with E-state index in [1.54, 1.807) is 4.90 Å². The number of unbranched alkanes of at least 4 members (excludes halogenated alkanes) is 12. The van der Waals surface area contributed by atoms with Crippen LogP contribution >= 0.6 is 0 Å². The molecule has 0 aliphatic carbocycles. The highest BCUT2D eigenvalue weighted by Gasteiger charge is 2.27. The van der Waals surface area contributed by atoms with Gasteiger partial charge in [-0.2, -0.15) is 0 Å². The molecule has 1 amide bonds. The largest absolute Gasteiger partial charge is 0.465 e. The van der Waals surface area contributed by atoms with Crippen molar-refractivity contribution in [3.05, 3.63) is 0 Å². The molecule has 0 saturated carbocycles. The highest BCUT2D eigenvalue weighted by Crippen LogP contribution is 2.22. The number of ether oxygens (including phenoxy) is 2. The van der Waals surface area contributed by atoms with Gasteiger partial charge in [-0.1, -0.05) is 90.9 Å². The van der Waals surface area contributed by atoms with Crippen LogP contribution in [-0.4, -0.2) is 66.8 Å². The van der Waals surface area contributed by atoms with Crippen molar-refractivity contribution in [2.75, 3.05) is 39.3 Å². The van der Waals surface area contributed by atoms with Crippen molar-refractivity contribution in [1.29, 1.82) is 0 Å². The number of hydrogen-bond acceptors (Lipinski definition) is 5. The molecule has 0 spiro atoms. The Bertz CT molecular complexity index is 579. The first-order chi connectivity index (χ1) is 18.2. The summed E-state index contributed by atoms with van der Waals surface area (Å²) in [5, 5.41) is 0. The Hall–Kier alpha value is -1.30. The number of piperidine rings is 1. The molecule has 6 nitrogen and oxygen atoms in total. The zero-order valence-electron chi connectivity index (χ0n) is 25.9. The molecule has 6 heteroatoms. The van der Waals surface area contributed by atoms with Gasteiger partial charge in [0.2, 0.25) is 0 Å². The van der Waals surface area contributed by atoms with Crippen LogP contribution in [0.25, 0.3) is 0 Å². The quantitative estimate of drug-likeness (QED) is 0.108. The average Bonchev–Trinajstić information content (AvgIpc) is 2.86. The second-order valence-electron chi connectivity index (χ2n) is 12.4. The third kappa shape index (κ3) is 18.9. The summed E-state index contributed by atoms with van der Waals surface area (Å²) in [4.78, 5) is 29.1. The third-order valence-electron chi connectivity index (χ3n) is 7.56. The van der Waals surface area contributed by atoms with Gasteiger partial charge in [0, 0.05) is 13.1 Å². The standard InChI is InChI=1S/C32H62N2O4/c1-6-8-10-12-14-16-18-23-33(24-19-17-15-13-11-9-7-2)28-30(35)37-27-22-29-20-25-34(26-21-29)31(36)38-32(3,4)5/h29H,6-28H2,1-5H3. The maximum absolute atomic E-state index is 12.7. The van der Waals surface area contributed by atoms with Gasteiger partial charge in [0.05, 0.1) is 13.2 Å². The number of carbonyl (C=O) groups excluding carboxylic acids is 2. The molecule has 0 aromatic carbocycles. The van der Waals surface area contributed by atoms with Crippen LogP contribution in [-0.2, 0) is 14.3 Å². The number of amides is 1. The van der Waals surface area contributed by atoms with E-state index in [1.165, 1.54) is 89.9 Å². The first kappa shape index (κ1) is 34.7. The number of nitrogens with zero attached hydrogens (tertiary/aromatic N) is 2. The molecule has 1 saturated heterocycles. The van der Waals surface area contributed by atoms with E-state index in [0.29, 0.717) is 19.1 Å². The summed E-state index contributed by atoms with van der Waals surface area (Å²) in [5.41, 5.74) is -0.459. The van der Waals surface area contributed by atoms with Gasteiger partial charge < -0.3 is 14.4 Å². The van der Waals surface area contributed by atoms with Crippen molar-refractivity contribution >= 4 is 12.1 Å². The molecule has 0 aromatic heterocycles. The van der Waals surface area contributed by atoms with Gasteiger partial charge in [-0.15, -0.1) is 0 Å². The molecule has 0 bridgehead atoms. The normalized spacial score (nSPS) is 14.7. The van der Waals surface area contributed by atoms with Crippen molar-refractivity contribution in [3.8, 4) is 0 Å². The van der Waals surface area contributed by atoms with Gasteiger partial charge in [0.15, 0.2) is 0 Å². The van der Waals surface area contributed by atoms with E-state index in [1.807, 2.05) is 20.8 Å². The molecular weight excluding hydrogens is 476 g/mol. The fourth-order valence-corrected chi connectivity index (χ4v) is 5.15. The van der Waals surface area contributed by atoms with E-state index in [0.717, 1.165) is 45.4 Å². The maximum atomic E-state index is 12.7. The highest BCUT2D eigenvalue weighted by molar-refractivity contribution is 5.71. The Morgan fingerprint density at radius 3 is 1.71 bits per heavy atom. The smallest absolute Gasteiger partial charge is 0.410 e. The van der Waals surface area contributed by atoms with Crippen molar-refractivity contribution < 1.29 is 19.1 Å². The Labute approximate surface area is 235 Å². The maximum Gasteiger partial charge on any atom is 0.410 e. The molecular formula is C32H62N2O4. The first-order valence-corrected chi connectivity index (χ1v) is 16.1. The number of rotatable bonds is 21. The number of esters is 1. The molecule has 1 aliphatic heterocycles. The Balaban J connectivity index is 2.29. The summed E-state index contributed by atoms with van der Waals surface area (Å²) in [6.07, 6.45) is 20.7. The minimum absolute atomic E-state index is 0.0814. The van der Waals surface area contributed by atoms with Crippen molar-refractivity contribution in [2.45, 2.75) is 149 Å². The van der Waals surface area contributed by atoms with Gasteiger partial charge in [-0.3, -0.25) is 9.69 Å². The zero-order chi connectivity index (χ0) is 28.1. The fraction of sp³-hybridized carbons (Fsp3) is 0.938. The molecule has 0 atom stereocenters. The molecule has 0 N–H and O–H groups in total. The van der Waals surface area contributed by atoms with E-state index in [4.69, 9.17) is 9.47 Å². The fourth-order valence-electron chi connectivity index (χ4n) is 5.15. The Morgan fingerprint density at radius 1 is 0.763 bits per heavy atom. The van der Waals surface area contributed by atoms with Crippen LogP contribution in [0.5, 0.6) is 0 Å². The lowest BCUT2D eigenvalue weighted by molar-refractivity contribution is -0.145. The van der Waals surface area contributed by atoms with Crippen molar-refractivity contribution in [3.63, 3.8) is 0 Å². The molecule has 1 heterocycles. The first-order valence-electron chi connectivity index (χ1n) is 16.1. The lowest BCUT2D eigenvalue weighted by Gasteiger charge is -2.33. The van der Waals surface area contributed by atoms with Crippen LogP contribution in [0.15, 0.2) is 0 Å². The summed E-state index contributed by atoms with van der Waals surface area (Å²) >= 11 is 0. The van der Waals surface area contributed by atoms with Gasteiger partial charge in [-0.05, 0) is 71.9 Å². The van der Waals surface area contributed by atoms with E-state index in [2.05, 4.69) is 18.7 Å².